The number of hydrogen-bond acceptors (Lipinski definition) is 3. The minimum absolute atomic E-state index is 0.246. The number of nitrogens with zero attached hydrogens (tertiary/aromatic N) is 1. The molecule has 2 aliphatic rings. The Kier molecular flexibility index (Phi) is 3.27. The molecule has 1 aromatic rings. The van der Waals surface area contributed by atoms with Crippen LogP contribution in [-0.2, 0) is 4.74 Å². The Bertz CT molecular complexity index is 464. The second kappa shape index (κ2) is 4.93. The molecular formula is C15H18FNO2. The van der Waals surface area contributed by atoms with Gasteiger partial charge in [-0.3, -0.25) is 4.90 Å². The Morgan fingerprint density at radius 2 is 2.21 bits per heavy atom. The summed E-state index contributed by atoms with van der Waals surface area (Å²) in [4.78, 5) is 14.1. The Morgan fingerprint density at radius 1 is 1.42 bits per heavy atom. The van der Waals surface area contributed by atoms with E-state index in [-0.39, 0.29) is 11.5 Å². The highest BCUT2D eigenvalue weighted by Gasteiger charge is 2.49. The molecule has 102 valence electrons. The molecular weight excluding hydrogens is 245 g/mol. The highest BCUT2D eigenvalue weighted by Crippen LogP contribution is 2.40. The van der Waals surface area contributed by atoms with Crippen LogP contribution in [0.1, 0.15) is 29.6 Å². The summed E-state index contributed by atoms with van der Waals surface area (Å²) in [5.41, 5.74) is 0.308. The second-order valence-corrected chi connectivity index (χ2v) is 5.52. The summed E-state index contributed by atoms with van der Waals surface area (Å²) in [6.45, 7) is 1.72. The largest absolute Gasteiger partial charge is 0.460 e. The summed E-state index contributed by atoms with van der Waals surface area (Å²) < 4.78 is 19.0. The van der Waals surface area contributed by atoms with Crippen LogP contribution >= 0.6 is 0 Å². The van der Waals surface area contributed by atoms with Crippen LogP contribution in [0.15, 0.2) is 30.3 Å². The van der Waals surface area contributed by atoms with Crippen LogP contribution in [0.5, 0.6) is 0 Å². The van der Waals surface area contributed by atoms with E-state index in [1.807, 2.05) is 18.2 Å². The number of carbonyl (C=O) groups excluding carboxylic acids is 1. The Labute approximate surface area is 112 Å². The van der Waals surface area contributed by atoms with Gasteiger partial charge in [-0.2, -0.15) is 0 Å². The van der Waals surface area contributed by atoms with E-state index in [1.54, 1.807) is 12.1 Å². The minimum Gasteiger partial charge on any atom is -0.460 e. The van der Waals surface area contributed by atoms with Gasteiger partial charge in [0.2, 0.25) is 0 Å². The van der Waals surface area contributed by atoms with Gasteiger partial charge in [-0.05, 0) is 31.5 Å². The third-order valence-electron chi connectivity index (χ3n) is 4.24. The normalized spacial score (nSPS) is 30.3. The van der Waals surface area contributed by atoms with Gasteiger partial charge in [-0.15, -0.1) is 0 Å². The summed E-state index contributed by atoms with van der Waals surface area (Å²) in [6, 6.07) is 8.95. The van der Waals surface area contributed by atoms with Crippen molar-refractivity contribution in [1.82, 2.24) is 4.90 Å². The first-order valence-electron chi connectivity index (χ1n) is 6.81. The molecule has 0 N–H and O–H groups in total. The van der Waals surface area contributed by atoms with Gasteiger partial charge >= 0.3 is 5.97 Å². The van der Waals surface area contributed by atoms with Crippen LogP contribution in [0, 0.1) is 0 Å². The van der Waals surface area contributed by atoms with Crippen molar-refractivity contribution < 1.29 is 13.9 Å². The van der Waals surface area contributed by atoms with Crippen LogP contribution < -0.4 is 0 Å². The SMILES string of the molecule is O=C(OC[C@]12CCCN1C[C@@H](F)C2)c1ccccc1. The number of fused-ring (bicyclic) bond motifs is 1. The molecule has 0 aliphatic carbocycles. The number of rotatable bonds is 3. The third kappa shape index (κ3) is 2.37. The molecule has 3 rings (SSSR count). The molecule has 0 saturated carbocycles. The van der Waals surface area contributed by atoms with E-state index in [4.69, 9.17) is 4.74 Å². The summed E-state index contributed by atoms with van der Waals surface area (Å²) >= 11 is 0. The lowest BCUT2D eigenvalue weighted by Gasteiger charge is -2.30. The quantitative estimate of drug-likeness (QED) is 0.784. The van der Waals surface area contributed by atoms with Crippen molar-refractivity contribution in [2.75, 3.05) is 19.7 Å². The molecule has 1 aromatic carbocycles. The molecule has 0 aromatic heterocycles. The fraction of sp³-hybridized carbons (Fsp3) is 0.533. The van der Waals surface area contributed by atoms with Crippen molar-refractivity contribution in [3.05, 3.63) is 35.9 Å². The van der Waals surface area contributed by atoms with Crippen molar-refractivity contribution >= 4 is 5.97 Å². The Hall–Kier alpha value is -1.42. The predicted molar refractivity (Wildman–Crippen MR) is 69.8 cm³/mol. The lowest BCUT2D eigenvalue weighted by atomic mass is 9.95. The zero-order valence-electron chi connectivity index (χ0n) is 10.8. The molecule has 0 spiro atoms. The summed E-state index contributed by atoms with van der Waals surface area (Å²) in [7, 11) is 0. The van der Waals surface area contributed by atoms with E-state index in [9.17, 15) is 9.18 Å². The fourth-order valence-electron chi connectivity index (χ4n) is 3.31. The average molecular weight is 263 g/mol. The standard InChI is InChI=1S/C15H18FNO2/c16-13-9-15(7-4-8-17(15)10-13)11-19-14(18)12-5-2-1-3-6-12/h1-3,5-6,13H,4,7-11H2/t13-,15+/m0/s1. The van der Waals surface area contributed by atoms with Gasteiger partial charge in [-0.25, -0.2) is 9.18 Å². The molecule has 2 saturated heterocycles. The summed E-state index contributed by atoms with van der Waals surface area (Å²) in [5, 5.41) is 0. The van der Waals surface area contributed by atoms with Crippen LogP contribution in [0.4, 0.5) is 4.39 Å². The first-order valence-corrected chi connectivity index (χ1v) is 6.81. The number of carbonyl (C=O) groups is 1. The summed E-state index contributed by atoms with van der Waals surface area (Å²) in [5.74, 6) is -0.316. The third-order valence-corrected chi connectivity index (χ3v) is 4.24. The molecule has 0 amide bonds. The zero-order chi connectivity index (χ0) is 13.3. The molecule has 2 atom stereocenters. The summed E-state index contributed by atoms with van der Waals surface area (Å²) in [6.07, 6.45) is 1.70. The van der Waals surface area contributed by atoms with Crippen LogP contribution in [-0.4, -0.2) is 42.3 Å². The molecule has 2 aliphatic heterocycles. The lowest BCUT2D eigenvalue weighted by Crippen LogP contribution is -2.43. The molecule has 19 heavy (non-hydrogen) atoms. The van der Waals surface area contributed by atoms with Crippen molar-refractivity contribution in [2.45, 2.75) is 31.0 Å². The van der Waals surface area contributed by atoms with E-state index in [1.165, 1.54) is 0 Å². The highest BCUT2D eigenvalue weighted by atomic mass is 19.1. The van der Waals surface area contributed by atoms with Gasteiger partial charge in [0.15, 0.2) is 0 Å². The number of alkyl halides is 1. The topological polar surface area (TPSA) is 29.5 Å². The smallest absolute Gasteiger partial charge is 0.338 e. The number of halogens is 1. The Morgan fingerprint density at radius 3 is 3.00 bits per heavy atom. The van der Waals surface area contributed by atoms with E-state index in [0.29, 0.717) is 25.1 Å². The maximum atomic E-state index is 13.6. The zero-order valence-corrected chi connectivity index (χ0v) is 10.8. The maximum Gasteiger partial charge on any atom is 0.338 e. The number of esters is 1. The van der Waals surface area contributed by atoms with E-state index in [0.717, 1.165) is 19.4 Å². The van der Waals surface area contributed by atoms with Crippen molar-refractivity contribution in [2.24, 2.45) is 0 Å². The van der Waals surface area contributed by atoms with Gasteiger partial charge in [-0.1, -0.05) is 18.2 Å². The van der Waals surface area contributed by atoms with Crippen molar-refractivity contribution in [3.8, 4) is 0 Å². The van der Waals surface area contributed by atoms with Gasteiger partial charge in [0.25, 0.3) is 0 Å². The lowest BCUT2D eigenvalue weighted by molar-refractivity contribution is 0.0248. The van der Waals surface area contributed by atoms with Gasteiger partial charge in [0, 0.05) is 13.0 Å². The van der Waals surface area contributed by atoms with Gasteiger partial charge in [0.05, 0.1) is 11.1 Å². The molecule has 2 fully saturated rings. The van der Waals surface area contributed by atoms with E-state index < -0.39 is 6.17 Å². The predicted octanol–water partition coefficient (Wildman–Crippen LogP) is 2.42. The van der Waals surface area contributed by atoms with E-state index >= 15 is 0 Å². The average Bonchev–Trinajstić information content (AvgIpc) is 2.93. The minimum atomic E-state index is -0.782. The number of hydrogen-bond donors (Lipinski definition) is 0. The molecule has 2 heterocycles. The van der Waals surface area contributed by atoms with Gasteiger partial charge < -0.3 is 4.74 Å². The molecule has 0 unspecified atom stereocenters. The first-order chi connectivity index (χ1) is 9.20. The monoisotopic (exact) mass is 263 g/mol. The molecule has 3 nitrogen and oxygen atoms in total. The van der Waals surface area contributed by atoms with Gasteiger partial charge in [0.1, 0.15) is 12.8 Å². The van der Waals surface area contributed by atoms with Crippen LogP contribution in [0.3, 0.4) is 0 Å². The Balaban J connectivity index is 1.64. The van der Waals surface area contributed by atoms with Crippen LogP contribution in [0.2, 0.25) is 0 Å². The van der Waals surface area contributed by atoms with E-state index in [2.05, 4.69) is 4.90 Å². The van der Waals surface area contributed by atoms with Crippen molar-refractivity contribution in [3.63, 3.8) is 0 Å². The fourth-order valence-corrected chi connectivity index (χ4v) is 3.31. The highest BCUT2D eigenvalue weighted by molar-refractivity contribution is 5.89. The second-order valence-electron chi connectivity index (χ2n) is 5.52. The number of benzene rings is 1. The number of ether oxygens (including phenoxy) is 1. The molecule has 0 radical (unpaired) electrons. The molecule has 0 bridgehead atoms. The van der Waals surface area contributed by atoms with Crippen LogP contribution in [0.25, 0.3) is 0 Å². The first kappa shape index (κ1) is 12.6. The van der Waals surface area contributed by atoms with Crippen molar-refractivity contribution in [1.29, 1.82) is 0 Å². The molecule has 4 heteroatoms. The maximum absolute atomic E-state index is 13.6.